The molecule has 3 fully saturated rings. The molecular formula is C26H30Cl2N2O2S. The zero-order chi connectivity index (χ0) is 23.6. The van der Waals surface area contributed by atoms with Gasteiger partial charge in [-0.25, -0.2) is 4.31 Å². The Hall–Kier alpha value is -1.58. The van der Waals surface area contributed by atoms with Crippen LogP contribution >= 0.6 is 35.1 Å². The van der Waals surface area contributed by atoms with E-state index in [-0.39, 0.29) is 5.41 Å². The van der Waals surface area contributed by atoms with E-state index in [9.17, 15) is 5.26 Å². The summed E-state index contributed by atoms with van der Waals surface area (Å²) in [6, 6.07) is 15.0. The van der Waals surface area contributed by atoms with E-state index >= 15 is 0 Å². The van der Waals surface area contributed by atoms with Crippen molar-refractivity contribution in [3.63, 3.8) is 0 Å². The van der Waals surface area contributed by atoms with E-state index < -0.39 is 0 Å². The fourth-order valence-electron chi connectivity index (χ4n) is 5.00. The highest BCUT2D eigenvalue weighted by Crippen LogP contribution is 2.52. The van der Waals surface area contributed by atoms with E-state index in [0.717, 1.165) is 36.1 Å². The number of piperidine rings is 2. The molecule has 1 aliphatic carbocycles. The molecule has 1 saturated carbocycles. The van der Waals surface area contributed by atoms with Gasteiger partial charge in [0.1, 0.15) is 18.4 Å². The molecule has 176 valence electrons. The molecule has 0 amide bonds. The van der Waals surface area contributed by atoms with Crippen molar-refractivity contribution in [1.29, 1.82) is 5.26 Å². The molecule has 0 spiro atoms. The molecule has 2 aromatic carbocycles. The number of ether oxygens (including phenoxy) is 2. The summed E-state index contributed by atoms with van der Waals surface area (Å²) in [5.74, 6) is 1.63. The highest BCUT2D eigenvalue weighted by atomic mass is 35.5. The van der Waals surface area contributed by atoms with Crippen LogP contribution in [0.5, 0.6) is 11.5 Å². The molecule has 3 aliphatic rings. The molecule has 7 heteroatoms. The maximum absolute atomic E-state index is 9.62. The first-order valence-corrected chi connectivity index (χ1v) is 13.4. The summed E-state index contributed by atoms with van der Waals surface area (Å²) in [6.07, 6.45) is 5.86. The first-order chi connectivity index (χ1) is 15.8. The van der Waals surface area contributed by atoms with Gasteiger partial charge in [-0.15, -0.1) is 11.6 Å². The van der Waals surface area contributed by atoms with Crippen LogP contribution in [0.15, 0.2) is 36.4 Å². The van der Waals surface area contributed by atoms with E-state index in [4.69, 9.17) is 32.7 Å². The predicted octanol–water partition coefficient (Wildman–Crippen LogP) is 6.67. The molecule has 4 nitrogen and oxygen atoms in total. The van der Waals surface area contributed by atoms with Gasteiger partial charge in [-0.2, -0.15) is 5.26 Å². The minimum absolute atomic E-state index is 0.303. The lowest BCUT2D eigenvalue weighted by Gasteiger charge is -2.56. The fourth-order valence-corrected chi connectivity index (χ4v) is 6.08. The quantitative estimate of drug-likeness (QED) is 0.282. The molecule has 2 aliphatic heterocycles. The molecule has 5 rings (SSSR count). The van der Waals surface area contributed by atoms with Crippen LogP contribution in [0.4, 0.5) is 0 Å². The van der Waals surface area contributed by atoms with Crippen molar-refractivity contribution in [1.82, 2.24) is 4.31 Å². The van der Waals surface area contributed by atoms with Crippen molar-refractivity contribution in [2.75, 3.05) is 31.9 Å². The fraction of sp³-hybridized carbons (Fsp3) is 0.500. The monoisotopic (exact) mass is 504 g/mol. The number of hydrogen-bond acceptors (Lipinski definition) is 5. The molecule has 0 unspecified atom stereocenters. The summed E-state index contributed by atoms with van der Waals surface area (Å²) in [5.41, 5.74) is 2.51. The van der Waals surface area contributed by atoms with Gasteiger partial charge in [0, 0.05) is 23.4 Å². The number of alkyl halides is 1. The Morgan fingerprint density at radius 3 is 2.48 bits per heavy atom. The van der Waals surface area contributed by atoms with Gasteiger partial charge in [-0.1, -0.05) is 49.5 Å². The van der Waals surface area contributed by atoms with Gasteiger partial charge in [0.15, 0.2) is 5.75 Å². The van der Waals surface area contributed by atoms with Crippen LogP contribution in [0.3, 0.4) is 0 Å². The Morgan fingerprint density at radius 2 is 1.91 bits per heavy atom. The SMILES string of the molecule is CSN1CCC2(COc3ccc(C(C)(C)c4cc(Cl)c(OCCCl)c(C#N)c4)cc3)CC1C2. The number of nitrogens with zero attached hydrogens (tertiary/aromatic N) is 2. The van der Waals surface area contributed by atoms with Gasteiger partial charge in [0.05, 0.1) is 23.1 Å². The highest BCUT2D eigenvalue weighted by Gasteiger charge is 2.51. The molecule has 2 heterocycles. The lowest BCUT2D eigenvalue weighted by Crippen LogP contribution is -2.57. The first-order valence-electron chi connectivity index (χ1n) is 11.3. The second-order valence-corrected chi connectivity index (χ2v) is 11.2. The maximum atomic E-state index is 9.62. The smallest absolute Gasteiger partial charge is 0.155 e. The van der Waals surface area contributed by atoms with E-state index in [0.29, 0.717) is 34.2 Å². The normalized spacial score (nSPS) is 22.4. The van der Waals surface area contributed by atoms with E-state index in [1.54, 1.807) is 0 Å². The Balaban J connectivity index is 1.45. The summed E-state index contributed by atoms with van der Waals surface area (Å²) in [4.78, 5) is 0. The second kappa shape index (κ2) is 9.96. The van der Waals surface area contributed by atoms with Crippen molar-refractivity contribution >= 4 is 35.1 Å². The van der Waals surface area contributed by atoms with Crippen molar-refractivity contribution in [3.05, 3.63) is 58.1 Å². The van der Waals surface area contributed by atoms with Gasteiger partial charge in [-0.05, 0) is 60.9 Å². The Labute approximate surface area is 211 Å². The van der Waals surface area contributed by atoms with E-state index in [1.807, 2.05) is 36.2 Å². The first kappa shape index (κ1) is 24.5. The van der Waals surface area contributed by atoms with Crippen LogP contribution in [0, 0.1) is 16.7 Å². The third kappa shape index (κ3) is 4.95. The number of nitriles is 1. The molecule has 0 radical (unpaired) electrons. The van der Waals surface area contributed by atoms with E-state index in [1.165, 1.54) is 19.3 Å². The van der Waals surface area contributed by atoms with Crippen LogP contribution in [0.1, 0.15) is 49.8 Å². The number of rotatable bonds is 9. The van der Waals surface area contributed by atoms with Crippen molar-refractivity contribution in [2.45, 2.75) is 44.6 Å². The van der Waals surface area contributed by atoms with Crippen molar-refractivity contribution in [2.24, 2.45) is 5.41 Å². The van der Waals surface area contributed by atoms with Gasteiger partial charge < -0.3 is 9.47 Å². The zero-order valence-corrected chi connectivity index (χ0v) is 21.7. The average Bonchev–Trinajstić information content (AvgIpc) is 2.81. The molecule has 0 aromatic heterocycles. The third-order valence-corrected chi connectivity index (χ3v) is 8.56. The topological polar surface area (TPSA) is 45.5 Å². The molecule has 0 N–H and O–H groups in total. The Morgan fingerprint density at radius 1 is 1.18 bits per heavy atom. The van der Waals surface area contributed by atoms with Crippen LogP contribution in [-0.4, -0.2) is 42.2 Å². The summed E-state index contributed by atoms with van der Waals surface area (Å²) < 4.78 is 14.3. The molecule has 2 bridgehead atoms. The lowest BCUT2D eigenvalue weighted by atomic mass is 9.61. The van der Waals surface area contributed by atoms with Crippen LogP contribution in [-0.2, 0) is 5.41 Å². The Bertz CT molecular complexity index is 1020. The summed E-state index contributed by atoms with van der Waals surface area (Å²) >= 11 is 14.1. The third-order valence-electron chi connectivity index (χ3n) is 7.17. The zero-order valence-electron chi connectivity index (χ0n) is 19.4. The largest absolute Gasteiger partial charge is 0.493 e. The van der Waals surface area contributed by atoms with Gasteiger partial charge in [-0.3, -0.25) is 0 Å². The minimum Gasteiger partial charge on any atom is -0.493 e. The van der Waals surface area contributed by atoms with Crippen molar-refractivity contribution < 1.29 is 9.47 Å². The number of halogens is 2. The van der Waals surface area contributed by atoms with Gasteiger partial charge in [0.25, 0.3) is 0 Å². The molecule has 2 saturated heterocycles. The standard InChI is InChI=1S/C26H30Cl2N2O2S/c1-25(2,20-12-18(16-29)24(23(28)13-20)31-11-9-27)19-4-6-22(7-5-19)32-17-26-8-10-30(33-3)21(14-26)15-26/h4-7,12-13,21H,8-11,14-15,17H2,1-3H3. The number of fused-ring (bicyclic) bond motifs is 2. The maximum Gasteiger partial charge on any atom is 0.155 e. The van der Waals surface area contributed by atoms with Gasteiger partial charge >= 0.3 is 0 Å². The van der Waals surface area contributed by atoms with Crippen molar-refractivity contribution in [3.8, 4) is 17.6 Å². The molecule has 2 aromatic rings. The predicted molar refractivity (Wildman–Crippen MR) is 137 cm³/mol. The number of hydrogen-bond donors (Lipinski definition) is 0. The molecule has 33 heavy (non-hydrogen) atoms. The second-order valence-electron chi connectivity index (χ2n) is 9.56. The average molecular weight is 506 g/mol. The van der Waals surface area contributed by atoms with E-state index in [2.05, 4.69) is 42.6 Å². The lowest BCUT2D eigenvalue weighted by molar-refractivity contribution is -0.0495. The van der Waals surface area contributed by atoms with Crippen LogP contribution in [0.2, 0.25) is 5.02 Å². The molecule has 0 atom stereocenters. The summed E-state index contributed by atoms with van der Waals surface area (Å²) in [7, 11) is 0. The van der Waals surface area contributed by atoms with Crippen LogP contribution < -0.4 is 9.47 Å². The molecular weight excluding hydrogens is 475 g/mol. The summed E-state index contributed by atoms with van der Waals surface area (Å²) in [5, 5.41) is 10.0. The number of benzene rings is 2. The van der Waals surface area contributed by atoms with Crippen LogP contribution in [0.25, 0.3) is 0 Å². The Kier molecular flexibility index (Phi) is 7.41. The minimum atomic E-state index is -0.344. The summed E-state index contributed by atoms with van der Waals surface area (Å²) in [6.45, 7) is 6.51. The van der Waals surface area contributed by atoms with Gasteiger partial charge in [0.2, 0.25) is 0 Å². The highest BCUT2D eigenvalue weighted by molar-refractivity contribution is 7.96.